The molecular weight excluding hydrogens is 214 g/mol. The Morgan fingerprint density at radius 2 is 2.19 bits per heavy atom. The Balaban J connectivity index is 2.18. The van der Waals surface area contributed by atoms with E-state index < -0.39 is 0 Å². The molecular formula is C14H21NS. The molecule has 3 rings (SSSR count). The summed E-state index contributed by atoms with van der Waals surface area (Å²) in [5, 5.41) is 2.50. The van der Waals surface area contributed by atoms with Crippen LogP contribution in [0.3, 0.4) is 0 Å². The first-order chi connectivity index (χ1) is 7.48. The standard InChI is InChI=1S/C14H21NS/c1-9(2)13-10(7-15-8-16)5-11-6-12(13)14(11,3)4/h10-13H,1,5-7H2,2-4H3. The Bertz CT molecular complexity index is 352. The maximum absolute atomic E-state index is 4.67. The van der Waals surface area contributed by atoms with Crippen LogP contribution >= 0.6 is 12.2 Å². The Morgan fingerprint density at radius 3 is 2.69 bits per heavy atom. The summed E-state index contributed by atoms with van der Waals surface area (Å²) in [5.41, 5.74) is 1.85. The molecule has 3 aliphatic carbocycles. The van der Waals surface area contributed by atoms with Gasteiger partial charge in [0.2, 0.25) is 0 Å². The highest BCUT2D eigenvalue weighted by molar-refractivity contribution is 7.78. The fraction of sp³-hybridized carbons (Fsp3) is 0.786. The summed E-state index contributed by atoms with van der Waals surface area (Å²) in [6.07, 6.45) is 2.68. The molecule has 0 aromatic rings. The van der Waals surface area contributed by atoms with Crippen LogP contribution in [0.4, 0.5) is 0 Å². The lowest BCUT2D eigenvalue weighted by Crippen LogP contribution is -2.56. The number of hydrogen-bond donors (Lipinski definition) is 0. The molecule has 0 N–H and O–H groups in total. The Hall–Kier alpha value is -0.460. The predicted molar refractivity (Wildman–Crippen MR) is 71.7 cm³/mol. The minimum atomic E-state index is 0.515. The lowest BCUT2D eigenvalue weighted by molar-refractivity contribution is -0.120. The van der Waals surface area contributed by atoms with Crippen molar-refractivity contribution in [2.75, 3.05) is 6.54 Å². The van der Waals surface area contributed by atoms with Gasteiger partial charge in [-0.25, -0.2) is 4.99 Å². The van der Waals surface area contributed by atoms with E-state index in [9.17, 15) is 0 Å². The largest absolute Gasteiger partial charge is 0.232 e. The molecule has 0 spiro atoms. The highest BCUT2D eigenvalue weighted by Crippen LogP contribution is 2.64. The minimum Gasteiger partial charge on any atom is -0.232 e. The maximum atomic E-state index is 4.67. The summed E-state index contributed by atoms with van der Waals surface area (Å²) in [7, 11) is 0. The van der Waals surface area contributed by atoms with Crippen molar-refractivity contribution in [3.05, 3.63) is 12.2 Å². The smallest absolute Gasteiger partial charge is 0.0585 e. The third-order valence-electron chi connectivity index (χ3n) is 5.03. The van der Waals surface area contributed by atoms with E-state index in [2.05, 4.69) is 49.7 Å². The lowest BCUT2D eigenvalue weighted by Gasteiger charge is -2.62. The summed E-state index contributed by atoms with van der Waals surface area (Å²) < 4.78 is 0. The van der Waals surface area contributed by atoms with Crippen LogP contribution in [-0.2, 0) is 0 Å². The molecule has 2 heteroatoms. The van der Waals surface area contributed by atoms with Gasteiger partial charge in [-0.05, 0) is 61.1 Å². The van der Waals surface area contributed by atoms with Crippen LogP contribution in [0, 0.1) is 29.1 Å². The molecule has 3 saturated carbocycles. The van der Waals surface area contributed by atoms with Crippen molar-refractivity contribution in [2.24, 2.45) is 34.1 Å². The van der Waals surface area contributed by atoms with Crippen molar-refractivity contribution in [1.82, 2.24) is 0 Å². The highest BCUT2D eigenvalue weighted by atomic mass is 32.1. The van der Waals surface area contributed by atoms with Crippen molar-refractivity contribution >= 4 is 17.4 Å². The van der Waals surface area contributed by atoms with Crippen LogP contribution in [0.25, 0.3) is 0 Å². The van der Waals surface area contributed by atoms with Gasteiger partial charge >= 0.3 is 0 Å². The van der Waals surface area contributed by atoms with Gasteiger partial charge in [0.15, 0.2) is 0 Å². The van der Waals surface area contributed by atoms with E-state index in [1.807, 2.05) is 0 Å². The van der Waals surface area contributed by atoms with Crippen molar-refractivity contribution < 1.29 is 0 Å². The third-order valence-corrected chi connectivity index (χ3v) is 5.16. The van der Waals surface area contributed by atoms with Crippen LogP contribution in [0.2, 0.25) is 0 Å². The van der Waals surface area contributed by atoms with E-state index in [-0.39, 0.29) is 0 Å². The molecule has 0 heterocycles. The summed E-state index contributed by atoms with van der Waals surface area (Å²) in [6.45, 7) is 12.0. The van der Waals surface area contributed by atoms with Crippen LogP contribution in [-0.4, -0.2) is 11.7 Å². The molecule has 0 aliphatic heterocycles. The van der Waals surface area contributed by atoms with Crippen molar-refractivity contribution in [3.63, 3.8) is 0 Å². The second-order valence-electron chi connectivity index (χ2n) is 6.16. The molecule has 0 amide bonds. The van der Waals surface area contributed by atoms with Crippen molar-refractivity contribution in [2.45, 2.75) is 33.6 Å². The van der Waals surface area contributed by atoms with E-state index in [4.69, 9.17) is 0 Å². The molecule has 4 unspecified atom stereocenters. The average molecular weight is 235 g/mol. The van der Waals surface area contributed by atoms with Gasteiger partial charge in [-0.1, -0.05) is 26.0 Å². The fourth-order valence-electron chi connectivity index (χ4n) is 3.99. The van der Waals surface area contributed by atoms with Crippen LogP contribution in [0.15, 0.2) is 17.1 Å². The van der Waals surface area contributed by atoms with Crippen LogP contribution in [0.1, 0.15) is 33.6 Å². The fourth-order valence-corrected chi connectivity index (χ4v) is 4.07. The zero-order valence-corrected chi connectivity index (χ0v) is 11.3. The zero-order chi connectivity index (χ0) is 11.9. The SMILES string of the molecule is C=C(C)C1C(CN=C=S)CC2CC1C2(C)C. The van der Waals surface area contributed by atoms with Gasteiger partial charge in [-0.15, -0.1) is 0 Å². The van der Waals surface area contributed by atoms with E-state index >= 15 is 0 Å². The topological polar surface area (TPSA) is 12.4 Å². The van der Waals surface area contributed by atoms with E-state index in [0.29, 0.717) is 17.3 Å². The molecule has 0 aromatic heterocycles. The molecule has 88 valence electrons. The Labute approximate surface area is 104 Å². The number of rotatable bonds is 3. The first-order valence-corrected chi connectivity index (χ1v) is 6.58. The van der Waals surface area contributed by atoms with Gasteiger partial charge in [-0.2, -0.15) is 0 Å². The summed E-state index contributed by atoms with van der Waals surface area (Å²) in [6, 6.07) is 0. The third kappa shape index (κ3) is 1.69. The van der Waals surface area contributed by atoms with Gasteiger partial charge < -0.3 is 0 Å². The first kappa shape index (κ1) is 12.0. The molecule has 3 aliphatic rings. The molecule has 0 radical (unpaired) electrons. The quantitative estimate of drug-likeness (QED) is 0.410. The number of aliphatic imine (C=N–C) groups is 1. The highest BCUT2D eigenvalue weighted by Gasteiger charge is 2.57. The number of fused-ring (bicyclic) bond motifs is 2. The molecule has 1 nitrogen and oxygen atoms in total. The number of allylic oxidation sites excluding steroid dienone is 1. The van der Waals surface area contributed by atoms with Crippen LogP contribution in [0.5, 0.6) is 0 Å². The van der Waals surface area contributed by atoms with Gasteiger partial charge in [0.1, 0.15) is 0 Å². The predicted octanol–water partition coefficient (Wildman–Crippen LogP) is 3.96. The van der Waals surface area contributed by atoms with Crippen molar-refractivity contribution in [3.8, 4) is 0 Å². The zero-order valence-electron chi connectivity index (χ0n) is 10.5. The second kappa shape index (κ2) is 4.09. The molecule has 0 aromatic carbocycles. The molecule has 16 heavy (non-hydrogen) atoms. The molecule has 0 saturated heterocycles. The second-order valence-corrected chi connectivity index (χ2v) is 6.34. The molecule has 4 atom stereocenters. The minimum absolute atomic E-state index is 0.515. The van der Waals surface area contributed by atoms with E-state index in [0.717, 1.165) is 18.4 Å². The van der Waals surface area contributed by atoms with Gasteiger partial charge in [-0.3, -0.25) is 0 Å². The Kier molecular flexibility index (Phi) is 3.07. The van der Waals surface area contributed by atoms with Gasteiger partial charge in [0.25, 0.3) is 0 Å². The average Bonchev–Trinajstić information content (AvgIpc) is 2.25. The summed E-state index contributed by atoms with van der Waals surface area (Å²) in [4.78, 5) is 4.15. The van der Waals surface area contributed by atoms with E-state index in [1.165, 1.54) is 18.4 Å². The van der Waals surface area contributed by atoms with Gasteiger partial charge in [0.05, 0.1) is 11.7 Å². The van der Waals surface area contributed by atoms with Crippen LogP contribution < -0.4 is 0 Å². The van der Waals surface area contributed by atoms with Crippen molar-refractivity contribution in [1.29, 1.82) is 0 Å². The monoisotopic (exact) mass is 235 g/mol. The maximum Gasteiger partial charge on any atom is 0.0585 e. The number of hydrogen-bond acceptors (Lipinski definition) is 2. The lowest BCUT2D eigenvalue weighted by atomic mass is 9.42. The summed E-state index contributed by atoms with van der Waals surface area (Å²) >= 11 is 4.67. The molecule has 3 fully saturated rings. The summed E-state index contributed by atoms with van der Waals surface area (Å²) in [5.74, 6) is 3.00. The Morgan fingerprint density at radius 1 is 1.50 bits per heavy atom. The molecule has 2 bridgehead atoms. The normalized spacial score (nSPS) is 39.4. The number of nitrogens with zero attached hydrogens (tertiary/aromatic N) is 1. The number of thiocarbonyl (C=S) groups is 1. The number of isothiocyanates is 1. The van der Waals surface area contributed by atoms with E-state index in [1.54, 1.807) is 0 Å². The van der Waals surface area contributed by atoms with Gasteiger partial charge in [0, 0.05) is 0 Å². The first-order valence-electron chi connectivity index (χ1n) is 6.17.